The number of nitrogens with zero attached hydrogens (tertiary/aromatic N) is 5. The Balaban J connectivity index is 0.000000199. The van der Waals surface area contributed by atoms with E-state index in [1.165, 1.54) is 35.2 Å². The molecular formula is C48H62N6O5. The van der Waals surface area contributed by atoms with E-state index in [4.69, 9.17) is 9.47 Å². The standard InChI is InChI=1S/C25H33N3O3.C23H29N3O2/c1-6-26-24(30)28-17-22(29)27(16-15-18-7-13-21(31-5)14-8-18)23(28)19-9-11-20(12-10-19)25(2,3)4;1-24-17-22(27)26(16-13-18-5-11-21(28-2)12-6-18)23(24)19-7-9-20(10-8-19)25-14-3-4-15-25/h7-14,23H,6,15-17H2,1-5H3,(H,26,30);5-12,23H,3-4,13-17H2,1-2H3. The molecule has 4 aromatic carbocycles. The van der Waals surface area contributed by atoms with Crippen LogP contribution in [0.4, 0.5) is 10.5 Å². The van der Waals surface area contributed by atoms with Gasteiger partial charge in [0.25, 0.3) is 0 Å². The molecule has 0 radical (unpaired) electrons. The SMILES string of the molecule is CCNC(=O)N1CC(=O)N(CCc2ccc(OC)cc2)C1c1ccc(C(C)(C)C)cc1.COc1ccc(CCN2C(=O)CN(C)C2c2ccc(N3CCCC3)cc2)cc1. The third kappa shape index (κ3) is 10.6. The van der Waals surface area contributed by atoms with Gasteiger partial charge in [0.1, 0.15) is 30.4 Å². The van der Waals surface area contributed by atoms with Crippen molar-refractivity contribution in [2.45, 2.75) is 71.1 Å². The highest BCUT2D eigenvalue weighted by Crippen LogP contribution is 2.34. The number of benzene rings is 4. The molecule has 0 spiro atoms. The maximum atomic E-state index is 12.9. The molecule has 0 aliphatic carbocycles. The molecule has 1 N–H and O–H groups in total. The number of carbonyl (C=O) groups excluding carboxylic acids is 3. The quantitative estimate of drug-likeness (QED) is 0.159. The fourth-order valence-electron chi connectivity index (χ4n) is 8.19. The van der Waals surface area contributed by atoms with Crippen molar-refractivity contribution in [2.75, 3.05) is 72.0 Å². The summed E-state index contributed by atoms with van der Waals surface area (Å²) in [6.07, 6.45) is 3.70. The zero-order valence-electron chi connectivity index (χ0n) is 35.9. The molecule has 4 aromatic rings. The number of rotatable bonds is 12. The van der Waals surface area contributed by atoms with Gasteiger partial charge in [-0.2, -0.15) is 0 Å². The van der Waals surface area contributed by atoms with Crippen molar-refractivity contribution < 1.29 is 23.9 Å². The monoisotopic (exact) mass is 802 g/mol. The second kappa shape index (κ2) is 19.5. The van der Waals surface area contributed by atoms with Crippen molar-refractivity contribution in [3.63, 3.8) is 0 Å². The van der Waals surface area contributed by atoms with Crippen molar-refractivity contribution in [3.8, 4) is 11.5 Å². The van der Waals surface area contributed by atoms with Gasteiger partial charge in [0.15, 0.2) is 0 Å². The Labute approximate surface area is 350 Å². The van der Waals surface area contributed by atoms with Crippen LogP contribution < -0.4 is 19.7 Å². The summed E-state index contributed by atoms with van der Waals surface area (Å²) in [5.74, 6) is 1.83. The van der Waals surface area contributed by atoms with Crippen LogP contribution in [0.5, 0.6) is 11.5 Å². The molecule has 11 nitrogen and oxygen atoms in total. The van der Waals surface area contributed by atoms with Gasteiger partial charge >= 0.3 is 6.03 Å². The average Bonchev–Trinajstić information content (AvgIpc) is 3.97. The highest BCUT2D eigenvalue weighted by molar-refractivity contribution is 5.88. The predicted molar refractivity (Wildman–Crippen MR) is 234 cm³/mol. The Kier molecular flexibility index (Phi) is 14.2. The topological polar surface area (TPSA) is 97.9 Å². The van der Waals surface area contributed by atoms with Gasteiger partial charge in [-0.15, -0.1) is 0 Å². The van der Waals surface area contributed by atoms with Crippen molar-refractivity contribution in [2.24, 2.45) is 0 Å². The van der Waals surface area contributed by atoms with Gasteiger partial charge in [-0.25, -0.2) is 4.79 Å². The normalized spacial score (nSPS) is 18.3. The van der Waals surface area contributed by atoms with E-state index >= 15 is 0 Å². The first-order valence-corrected chi connectivity index (χ1v) is 20.9. The van der Waals surface area contributed by atoms with Gasteiger partial charge in [0, 0.05) is 38.4 Å². The van der Waals surface area contributed by atoms with Gasteiger partial charge in [-0.1, -0.05) is 81.4 Å². The van der Waals surface area contributed by atoms with E-state index in [1.54, 1.807) is 19.1 Å². The summed E-state index contributed by atoms with van der Waals surface area (Å²) in [5.41, 5.74) is 7.01. The van der Waals surface area contributed by atoms with Crippen LogP contribution in [-0.4, -0.2) is 105 Å². The molecule has 0 aromatic heterocycles. The highest BCUT2D eigenvalue weighted by atomic mass is 16.5. The molecule has 314 valence electrons. The molecular weight excluding hydrogens is 741 g/mol. The van der Waals surface area contributed by atoms with Crippen LogP contribution in [0.1, 0.15) is 80.7 Å². The van der Waals surface area contributed by atoms with Crippen LogP contribution in [0.3, 0.4) is 0 Å². The third-order valence-electron chi connectivity index (χ3n) is 11.6. The molecule has 2 unspecified atom stereocenters. The number of nitrogens with one attached hydrogen (secondary N) is 1. The van der Waals surface area contributed by atoms with Gasteiger partial charge in [-0.3, -0.25) is 19.4 Å². The molecule has 0 saturated carbocycles. The van der Waals surface area contributed by atoms with E-state index in [2.05, 4.69) is 84.4 Å². The summed E-state index contributed by atoms with van der Waals surface area (Å²) >= 11 is 0. The number of hydrogen-bond donors (Lipinski definition) is 1. The molecule has 11 heteroatoms. The summed E-state index contributed by atoms with van der Waals surface area (Å²) in [7, 11) is 5.35. The lowest BCUT2D eigenvalue weighted by atomic mass is 9.86. The second-order valence-electron chi connectivity index (χ2n) is 16.7. The van der Waals surface area contributed by atoms with Crippen LogP contribution in [-0.2, 0) is 27.8 Å². The summed E-state index contributed by atoms with van der Waals surface area (Å²) in [6.45, 7) is 13.0. The van der Waals surface area contributed by atoms with Crippen LogP contribution >= 0.6 is 0 Å². The number of anilines is 1. The summed E-state index contributed by atoms with van der Waals surface area (Å²) in [4.78, 5) is 48.3. The summed E-state index contributed by atoms with van der Waals surface area (Å²) in [5, 5.41) is 2.84. The fraction of sp³-hybridized carbons (Fsp3) is 0.438. The van der Waals surface area contributed by atoms with Gasteiger partial charge in [0.05, 0.1) is 20.8 Å². The van der Waals surface area contributed by atoms with Crippen molar-refractivity contribution >= 4 is 23.5 Å². The van der Waals surface area contributed by atoms with E-state index in [1.807, 2.05) is 72.3 Å². The smallest absolute Gasteiger partial charge is 0.319 e. The molecule has 59 heavy (non-hydrogen) atoms. The number of ether oxygens (including phenoxy) is 2. The first kappa shape index (κ1) is 43.0. The molecule has 0 bridgehead atoms. The molecule has 3 heterocycles. The maximum Gasteiger partial charge on any atom is 0.319 e. The number of hydrogen-bond acceptors (Lipinski definition) is 7. The minimum Gasteiger partial charge on any atom is -0.497 e. The number of carbonyl (C=O) groups is 3. The Bertz CT molecular complexity index is 1990. The zero-order chi connectivity index (χ0) is 42.1. The number of amides is 4. The number of methoxy groups -OCH3 is 2. The Morgan fingerprint density at radius 3 is 1.64 bits per heavy atom. The fourth-order valence-corrected chi connectivity index (χ4v) is 8.19. The molecule has 7 rings (SSSR count). The van der Waals surface area contributed by atoms with Crippen molar-refractivity contribution in [3.05, 3.63) is 125 Å². The van der Waals surface area contributed by atoms with Gasteiger partial charge in [0.2, 0.25) is 11.8 Å². The number of likely N-dealkylation sites (N-methyl/N-ethyl adjacent to an activating group) is 1. The highest BCUT2D eigenvalue weighted by Gasteiger charge is 2.41. The molecule has 3 saturated heterocycles. The van der Waals surface area contributed by atoms with E-state index in [0.717, 1.165) is 42.1 Å². The Morgan fingerprint density at radius 2 is 1.15 bits per heavy atom. The van der Waals surface area contributed by atoms with Crippen LogP contribution in [0, 0.1) is 0 Å². The van der Waals surface area contributed by atoms with E-state index in [0.29, 0.717) is 32.6 Å². The van der Waals surface area contributed by atoms with Gasteiger partial charge in [-0.05, 0) is 109 Å². The van der Waals surface area contributed by atoms with Crippen LogP contribution in [0.2, 0.25) is 0 Å². The average molecular weight is 803 g/mol. The molecule has 3 aliphatic heterocycles. The van der Waals surface area contributed by atoms with Crippen LogP contribution in [0.15, 0.2) is 97.1 Å². The molecule has 2 atom stereocenters. The van der Waals surface area contributed by atoms with Crippen LogP contribution in [0.25, 0.3) is 0 Å². The summed E-state index contributed by atoms with van der Waals surface area (Å²) in [6, 6.07) is 32.8. The first-order chi connectivity index (χ1) is 28.4. The Morgan fingerprint density at radius 1 is 0.678 bits per heavy atom. The second-order valence-corrected chi connectivity index (χ2v) is 16.7. The predicted octanol–water partition coefficient (Wildman–Crippen LogP) is 7.42. The largest absolute Gasteiger partial charge is 0.497 e. The minimum atomic E-state index is -0.411. The lowest BCUT2D eigenvalue weighted by molar-refractivity contribution is -0.128. The lowest BCUT2D eigenvalue weighted by Crippen LogP contribution is -2.42. The third-order valence-corrected chi connectivity index (χ3v) is 11.6. The van der Waals surface area contributed by atoms with Gasteiger partial charge < -0.3 is 29.5 Å². The van der Waals surface area contributed by atoms with E-state index in [-0.39, 0.29) is 36.0 Å². The first-order valence-electron chi connectivity index (χ1n) is 20.9. The minimum absolute atomic E-state index is 0.0124. The maximum absolute atomic E-state index is 12.9. The summed E-state index contributed by atoms with van der Waals surface area (Å²) < 4.78 is 10.4. The van der Waals surface area contributed by atoms with E-state index < -0.39 is 6.17 Å². The zero-order valence-corrected chi connectivity index (χ0v) is 35.9. The molecule has 3 aliphatic rings. The van der Waals surface area contributed by atoms with Crippen molar-refractivity contribution in [1.82, 2.24) is 24.9 Å². The lowest BCUT2D eigenvalue weighted by Gasteiger charge is -2.31. The molecule has 4 amide bonds. The van der Waals surface area contributed by atoms with E-state index in [9.17, 15) is 14.4 Å². The Hall–Kier alpha value is -5.55. The molecule has 3 fully saturated rings. The number of urea groups is 1. The van der Waals surface area contributed by atoms with Crippen molar-refractivity contribution in [1.29, 1.82) is 0 Å².